The maximum atomic E-state index is 13.4. The molecule has 1 N–H and O–H groups in total. The Bertz CT molecular complexity index is 722. The first-order valence-corrected chi connectivity index (χ1v) is 7.73. The van der Waals surface area contributed by atoms with Crippen molar-refractivity contribution in [2.45, 2.75) is 19.5 Å². The van der Waals surface area contributed by atoms with Crippen LogP contribution in [0.5, 0.6) is 0 Å². The average molecular weight is 384 g/mol. The van der Waals surface area contributed by atoms with E-state index in [1.54, 1.807) is 19.1 Å². The molecule has 0 heterocycles. The van der Waals surface area contributed by atoms with Crippen LogP contribution >= 0.6 is 15.9 Å². The van der Waals surface area contributed by atoms with Crippen LogP contribution in [0.15, 0.2) is 40.9 Å². The number of benzene rings is 2. The molecule has 0 saturated heterocycles. The number of halogens is 3. The highest BCUT2D eigenvalue weighted by Gasteiger charge is 2.22. The molecule has 2 aromatic rings. The van der Waals surface area contributed by atoms with Crippen LogP contribution in [0.4, 0.5) is 8.78 Å². The Labute approximate surface area is 141 Å². The number of nitrogens with one attached hydrogen (secondary N) is 1. The Morgan fingerprint density at radius 1 is 1.26 bits per heavy atom. The molecule has 0 aliphatic rings. The van der Waals surface area contributed by atoms with E-state index in [1.165, 1.54) is 31.4 Å². The third-order valence-electron chi connectivity index (χ3n) is 3.46. The van der Waals surface area contributed by atoms with Crippen molar-refractivity contribution in [2.75, 3.05) is 7.11 Å². The summed E-state index contributed by atoms with van der Waals surface area (Å²) >= 11 is 3.28. The Morgan fingerprint density at radius 3 is 2.61 bits per heavy atom. The summed E-state index contributed by atoms with van der Waals surface area (Å²) in [6, 6.07) is 8.03. The number of hydrogen-bond acceptors (Lipinski definition) is 3. The van der Waals surface area contributed by atoms with Gasteiger partial charge in [-0.15, -0.1) is 0 Å². The highest BCUT2D eigenvalue weighted by Crippen LogP contribution is 2.21. The average Bonchev–Trinajstić information content (AvgIpc) is 2.52. The highest BCUT2D eigenvalue weighted by molar-refractivity contribution is 9.10. The molecule has 3 nitrogen and oxygen atoms in total. The molecule has 1 atom stereocenters. The quantitative estimate of drug-likeness (QED) is 0.791. The Balaban J connectivity index is 2.22. The second-order valence-corrected chi connectivity index (χ2v) is 5.94. The molecule has 122 valence electrons. The summed E-state index contributed by atoms with van der Waals surface area (Å²) in [5.74, 6) is -1.16. The first-order valence-electron chi connectivity index (χ1n) is 6.93. The normalized spacial score (nSPS) is 12.0. The molecule has 0 aliphatic carbocycles. The fourth-order valence-corrected chi connectivity index (χ4v) is 2.67. The summed E-state index contributed by atoms with van der Waals surface area (Å²) in [4.78, 5) is 12.0. The minimum atomic E-state index is -0.740. The standard InChI is InChI=1S/C17H16BrF2NO2/c1-10-7-11(4-6-15(10)20)16(17(22)23-2)21-9-12-3-5-13(19)8-14(12)18/h3-8,16,21H,9H2,1-2H3/t16-/m0/s1. The predicted octanol–water partition coefficient (Wildman–Crippen LogP) is 4.04. The van der Waals surface area contributed by atoms with Gasteiger partial charge in [-0.3, -0.25) is 5.32 Å². The van der Waals surface area contributed by atoms with E-state index in [2.05, 4.69) is 21.2 Å². The molecule has 0 saturated carbocycles. The number of ether oxygens (including phenoxy) is 1. The van der Waals surface area contributed by atoms with Gasteiger partial charge in [-0.1, -0.05) is 34.1 Å². The molecular weight excluding hydrogens is 368 g/mol. The number of hydrogen-bond donors (Lipinski definition) is 1. The molecule has 2 rings (SSSR count). The van der Waals surface area contributed by atoms with Gasteiger partial charge in [0.25, 0.3) is 0 Å². The summed E-state index contributed by atoms with van der Waals surface area (Å²) in [5, 5.41) is 3.06. The second kappa shape index (κ2) is 7.66. The van der Waals surface area contributed by atoms with Crippen molar-refractivity contribution in [2.24, 2.45) is 0 Å². The van der Waals surface area contributed by atoms with Crippen molar-refractivity contribution in [1.29, 1.82) is 0 Å². The monoisotopic (exact) mass is 383 g/mol. The lowest BCUT2D eigenvalue weighted by atomic mass is 10.0. The molecule has 2 aromatic carbocycles. The van der Waals surface area contributed by atoms with Crippen LogP contribution in [0.2, 0.25) is 0 Å². The number of rotatable bonds is 5. The molecule has 0 aromatic heterocycles. The van der Waals surface area contributed by atoms with Crippen molar-refractivity contribution in [3.05, 3.63) is 69.2 Å². The molecular formula is C17H16BrF2NO2. The molecule has 0 fully saturated rings. The summed E-state index contributed by atoms with van der Waals surface area (Å²) in [6.45, 7) is 1.95. The zero-order chi connectivity index (χ0) is 17.0. The van der Waals surface area contributed by atoms with Gasteiger partial charge in [0.15, 0.2) is 0 Å². The van der Waals surface area contributed by atoms with Gasteiger partial charge in [-0.05, 0) is 41.8 Å². The maximum Gasteiger partial charge on any atom is 0.327 e. The van der Waals surface area contributed by atoms with Gasteiger partial charge >= 0.3 is 5.97 Å². The molecule has 0 spiro atoms. The van der Waals surface area contributed by atoms with Crippen molar-refractivity contribution < 1.29 is 18.3 Å². The van der Waals surface area contributed by atoms with Crippen molar-refractivity contribution >= 4 is 21.9 Å². The molecule has 0 aliphatic heterocycles. The van der Waals surface area contributed by atoms with E-state index in [0.717, 1.165) is 5.56 Å². The third kappa shape index (κ3) is 4.36. The van der Waals surface area contributed by atoms with Crippen molar-refractivity contribution in [1.82, 2.24) is 5.32 Å². The predicted molar refractivity (Wildman–Crippen MR) is 86.8 cm³/mol. The fraction of sp³-hybridized carbons (Fsp3) is 0.235. The SMILES string of the molecule is COC(=O)[C@@H](NCc1ccc(F)cc1Br)c1ccc(F)c(C)c1. The number of esters is 1. The van der Waals surface area contributed by atoms with E-state index < -0.39 is 12.0 Å². The summed E-state index contributed by atoms with van der Waals surface area (Å²) in [6.07, 6.45) is 0. The van der Waals surface area contributed by atoms with E-state index in [-0.39, 0.29) is 11.6 Å². The molecule has 0 amide bonds. The Kier molecular flexibility index (Phi) is 5.85. The van der Waals surface area contributed by atoms with Crippen LogP contribution in [0, 0.1) is 18.6 Å². The zero-order valence-corrected chi connectivity index (χ0v) is 14.3. The van der Waals surface area contributed by atoms with Crippen LogP contribution in [0.1, 0.15) is 22.7 Å². The van der Waals surface area contributed by atoms with E-state index in [9.17, 15) is 13.6 Å². The van der Waals surface area contributed by atoms with Crippen LogP contribution < -0.4 is 5.32 Å². The van der Waals surface area contributed by atoms with Crippen LogP contribution in [0.3, 0.4) is 0 Å². The van der Waals surface area contributed by atoms with Gasteiger partial charge in [-0.2, -0.15) is 0 Å². The first kappa shape index (κ1) is 17.6. The van der Waals surface area contributed by atoms with Crippen LogP contribution in [-0.2, 0) is 16.1 Å². The Hall–Kier alpha value is -1.79. The van der Waals surface area contributed by atoms with Gasteiger partial charge < -0.3 is 4.74 Å². The largest absolute Gasteiger partial charge is 0.468 e. The van der Waals surface area contributed by atoms with Crippen molar-refractivity contribution in [3.8, 4) is 0 Å². The van der Waals surface area contributed by atoms with E-state index >= 15 is 0 Å². The summed E-state index contributed by atoms with van der Waals surface area (Å²) < 4.78 is 31.9. The molecule has 23 heavy (non-hydrogen) atoms. The molecule has 0 unspecified atom stereocenters. The van der Waals surface area contributed by atoms with Crippen molar-refractivity contribution in [3.63, 3.8) is 0 Å². The third-order valence-corrected chi connectivity index (χ3v) is 4.20. The van der Waals surface area contributed by atoms with Gasteiger partial charge in [0.05, 0.1) is 7.11 Å². The van der Waals surface area contributed by atoms with Crippen LogP contribution in [-0.4, -0.2) is 13.1 Å². The molecule has 6 heteroatoms. The van der Waals surface area contributed by atoms with E-state index in [4.69, 9.17) is 4.74 Å². The molecule has 0 bridgehead atoms. The van der Waals surface area contributed by atoms with Gasteiger partial charge in [0.2, 0.25) is 0 Å². The number of carbonyl (C=O) groups is 1. The smallest absolute Gasteiger partial charge is 0.327 e. The lowest BCUT2D eigenvalue weighted by Gasteiger charge is -2.18. The topological polar surface area (TPSA) is 38.3 Å². The Morgan fingerprint density at radius 2 is 2.00 bits per heavy atom. The van der Waals surface area contributed by atoms with Gasteiger partial charge in [-0.25, -0.2) is 13.6 Å². The zero-order valence-electron chi connectivity index (χ0n) is 12.7. The second-order valence-electron chi connectivity index (χ2n) is 5.08. The number of methoxy groups -OCH3 is 1. The minimum absolute atomic E-state index is 0.317. The maximum absolute atomic E-state index is 13.4. The lowest BCUT2D eigenvalue weighted by Crippen LogP contribution is -2.29. The number of carbonyl (C=O) groups excluding carboxylic acids is 1. The van der Waals surface area contributed by atoms with Gasteiger partial charge in [0.1, 0.15) is 17.7 Å². The van der Waals surface area contributed by atoms with E-state index in [0.29, 0.717) is 22.1 Å². The molecule has 0 radical (unpaired) electrons. The van der Waals surface area contributed by atoms with E-state index in [1.807, 2.05) is 0 Å². The summed E-state index contributed by atoms with van der Waals surface area (Å²) in [5.41, 5.74) is 1.84. The highest BCUT2D eigenvalue weighted by atomic mass is 79.9. The minimum Gasteiger partial charge on any atom is -0.468 e. The summed E-state index contributed by atoms with van der Waals surface area (Å²) in [7, 11) is 1.29. The van der Waals surface area contributed by atoms with Gasteiger partial charge in [0, 0.05) is 11.0 Å². The van der Waals surface area contributed by atoms with Crippen LogP contribution in [0.25, 0.3) is 0 Å². The first-order chi connectivity index (χ1) is 10.9. The lowest BCUT2D eigenvalue weighted by molar-refractivity contribution is -0.143. The number of aryl methyl sites for hydroxylation is 1. The fourth-order valence-electron chi connectivity index (χ4n) is 2.18.